The summed E-state index contributed by atoms with van der Waals surface area (Å²) in [5.74, 6) is 6.77. The number of nitrogens with zero attached hydrogens (tertiary/aromatic N) is 2. The van der Waals surface area contributed by atoms with Crippen molar-refractivity contribution in [2.24, 2.45) is 12.9 Å². The summed E-state index contributed by atoms with van der Waals surface area (Å²) in [7, 11) is 2.05. The number of aromatic nitrogens is 2. The number of hydrazine groups is 1. The fraction of sp³-hybridized carbons (Fsp3) is 0.188. The highest BCUT2D eigenvalue weighted by molar-refractivity contribution is 14.1. The maximum absolute atomic E-state index is 5.75. The maximum atomic E-state index is 5.75. The van der Waals surface area contributed by atoms with E-state index < -0.39 is 0 Å². The Labute approximate surface area is 137 Å². The van der Waals surface area contributed by atoms with Crippen molar-refractivity contribution in [1.82, 2.24) is 15.0 Å². The van der Waals surface area contributed by atoms with Gasteiger partial charge in [0.25, 0.3) is 0 Å². The van der Waals surface area contributed by atoms with E-state index in [1.54, 1.807) is 0 Å². The molecule has 3 N–H and O–H groups in total. The van der Waals surface area contributed by atoms with Crippen LogP contribution in [0, 0.1) is 3.57 Å². The second-order valence-electron chi connectivity index (χ2n) is 5.05. The van der Waals surface area contributed by atoms with Crippen molar-refractivity contribution in [3.8, 4) is 0 Å². The van der Waals surface area contributed by atoms with E-state index in [1.165, 1.54) is 9.13 Å². The van der Waals surface area contributed by atoms with E-state index >= 15 is 0 Å². The zero-order valence-electron chi connectivity index (χ0n) is 11.8. The van der Waals surface area contributed by atoms with Gasteiger partial charge in [-0.1, -0.05) is 24.3 Å². The summed E-state index contributed by atoms with van der Waals surface area (Å²) >= 11 is 2.30. The highest BCUT2D eigenvalue weighted by Gasteiger charge is 2.15. The first-order valence-electron chi connectivity index (χ1n) is 6.81. The topological polar surface area (TPSA) is 55.9 Å². The van der Waals surface area contributed by atoms with E-state index in [1.807, 2.05) is 25.2 Å². The Balaban J connectivity index is 1.92. The number of aryl methyl sites for hydroxylation is 1. The van der Waals surface area contributed by atoms with E-state index in [4.69, 9.17) is 10.8 Å². The molecular weight excluding hydrogens is 375 g/mol. The number of fused-ring (bicyclic) bond motifs is 1. The van der Waals surface area contributed by atoms with Crippen LogP contribution in [0.1, 0.15) is 17.4 Å². The molecule has 2 aromatic carbocycles. The molecule has 3 aromatic rings. The highest BCUT2D eigenvalue weighted by atomic mass is 127. The van der Waals surface area contributed by atoms with E-state index in [9.17, 15) is 0 Å². The van der Waals surface area contributed by atoms with Gasteiger partial charge in [0.1, 0.15) is 5.82 Å². The molecule has 0 aliphatic rings. The summed E-state index contributed by atoms with van der Waals surface area (Å²) < 4.78 is 3.35. The Hall–Kier alpha value is -1.44. The molecule has 3 rings (SSSR count). The standard InChI is InChI=1S/C16H17IN4/c1-21-15-5-3-2-4-13(15)19-16(21)10-14(20-18)11-6-8-12(17)9-7-11/h2-9,14,20H,10,18H2,1H3. The molecule has 1 atom stereocenters. The van der Waals surface area contributed by atoms with Crippen LogP contribution in [-0.4, -0.2) is 9.55 Å². The van der Waals surface area contributed by atoms with Crippen LogP contribution in [0.5, 0.6) is 0 Å². The van der Waals surface area contributed by atoms with Crippen LogP contribution in [0.3, 0.4) is 0 Å². The van der Waals surface area contributed by atoms with Crippen LogP contribution in [-0.2, 0) is 13.5 Å². The summed E-state index contributed by atoms with van der Waals surface area (Å²) in [5, 5.41) is 0. The van der Waals surface area contributed by atoms with Gasteiger partial charge >= 0.3 is 0 Å². The zero-order chi connectivity index (χ0) is 14.8. The van der Waals surface area contributed by atoms with E-state index in [0.29, 0.717) is 0 Å². The number of para-hydroxylation sites is 2. The van der Waals surface area contributed by atoms with Crippen LogP contribution in [0.25, 0.3) is 11.0 Å². The first-order valence-corrected chi connectivity index (χ1v) is 7.89. The lowest BCUT2D eigenvalue weighted by molar-refractivity contribution is 0.532. The normalized spacial score (nSPS) is 12.7. The summed E-state index contributed by atoms with van der Waals surface area (Å²) in [6.07, 6.45) is 0.752. The third kappa shape index (κ3) is 2.95. The van der Waals surface area contributed by atoms with Crippen molar-refractivity contribution < 1.29 is 0 Å². The van der Waals surface area contributed by atoms with Crippen molar-refractivity contribution in [3.05, 3.63) is 63.5 Å². The SMILES string of the molecule is Cn1c(CC(NN)c2ccc(I)cc2)nc2ccccc21. The van der Waals surface area contributed by atoms with Gasteiger partial charge in [-0.2, -0.15) is 0 Å². The molecule has 0 saturated carbocycles. The second kappa shape index (κ2) is 6.13. The lowest BCUT2D eigenvalue weighted by atomic mass is 10.0. The lowest BCUT2D eigenvalue weighted by Gasteiger charge is -2.16. The Bertz CT molecular complexity index is 749. The fourth-order valence-corrected chi connectivity index (χ4v) is 2.89. The van der Waals surface area contributed by atoms with Crippen LogP contribution in [0.4, 0.5) is 0 Å². The minimum Gasteiger partial charge on any atom is -0.331 e. The molecule has 0 amide bonds. The zero-order valence-corrected chi connectivity index (χ0v) is 13.9. The number of hydrogen-bond donors (Lipinski definition) is 2. The summed E-state index contributed by atoms with van der Waals surface area (Å²) in [6.45, 7) is 0. The fourth-order valence-electron chi connectivity index (χ4n) is 2.53. The van der Waals surface area contributed by atoms with Crippen LogP contribution >= 0.6 is 22.6 Å². The van der Waals surface area contributed by atoms with Gasteiger partial charge in [0.05, 0.1) is 17.1 Å². The number of benzene rings is 2. The summed E-state index contributed by atoms with van der Waals surface area (Å²) in [4.78, 5) is 4.71. The molecule has 0 aliphatic heterocycles. The minimum absolute atomic E-state index is 0.0533. The number of imidazole rings is 1. The van der Waals surface area contributed by atoms with Crippen molar-refractivity contribution in [1.29, 1.82) is 0 Å². The third-order valence-corrected chi connectivity index (χ3v) is 4.46. The predicted molar refractivity (Wildman–Crippen MR) is 93.6 cm³/mol. The van der Waals surface area contributed by atoms with Gasteiger partial charge in [-0.15, -0.1) is 0 Å². The van der Waals surface area contributed by atoms with E-state index in [0.717, 1.165) is 23.3 Å². The molecule has 1 unspecified atom stereocenters. The van der Waals surface area contributed by atoms with Crippen molar-refractivity contribution in [2.75, 3.05) is 0 Å². The molecule has 21 heavy (non-hydrogen) atoms. The molecule has 4 nitrogen and oxygen atoms in total. The van der Waals surface area contributed by atoms with Gasteiger partial charge in [0.15, 0.2) is 0 Å². The molecule has 5 heteroatoms. The number of halogens is 1. The molecule has 0 radical (unpaired) electrons. The maximum Gasteiger partial charge on any atom is 0.111 e. The van der Waals surface area contributed by atoms with Gasteiger partial charge < -0.3 is 4.57 Å². The molecule has 0 aliphatic carbocycles. The monoisotopic (exact) mass is 392 g/mol. The van der Waals surface area contributed by atoms with Gasteiger partial charge in [-0.05, 0) is 52.4 Å². The van der Waals surface area contributed by atoms with Gasteiger partial charge in [0.2, 0.25) is 0 Å². The first-order chi connectivity index (χ1) is 10.2. The second-order valence-corrected chi connectivity index (χ2v) is 6.30. The first kappa shape index (κ1) is 14.5. The lowest BCUT2D eigenvalue weighted by Crippen LogP contribution is -2.30. The van der Waals surface area contributed by atoms with Gasteiger partial charge in [-0.25, -0.2) is 4.98 Å². The molecular formula is C16H17IN4. The van der Waals surface area contributed by atoms with Crippen LogP contribution in [0.2, 0.25) is 0 Å². The van der Waals surface area contributed by atoms with Crippen molar-refractivity contribution >= 4 is 33.6 Å². The quantitative estimate of drug-likeness (QED) is 0.408. The third-order valence-electron chi connectivity index (χ3n) is 3.74. The smallest absolute Gasteiger partial charge is 0.111 e. The number of hydrogen-bond acceptors (Lipinski definition) is 3. The average molecular weight is 392 g/mol. The highest BCUT2D eigenvalue weighted by Crippen LogP contribution is 2.21. The number of nitrogens with one attached hydrogen (secondary N) is 1. The molecule has 1 heterocycles. The van der Waals surface area contributed by atoms with Crippen molar-refractivity contribution in [3.63, 3.8) is 0 Å². The van der Waals surface area contributed by atoms with Gasteiger partial charge in [-0.3, -0.25) is 11.3 Å². The van der Waals surface area contributed by atoms with Gasteiger partial charge in [0, 0.05) is 17.0 Å². The van der Waals surface area contributed by atoms with Crippen LogP contribution in [0.15, 0.2) is 48.5 Å². The Morgan fingerprint density at radius 1 is 1.19 bits per heavy atom. The molecule has 108 valence electrons. The summed E-state index contributed by atoms with van der Waals surface area (Å²) in [6, 6.07) is 16.6. The van der Waals surface area contributed by atoms with E-state index in [2.05, 4.69) is 62.9 Å². The Morgan fingerprint density at radius 2 is 1.90 bits per heavy atom. The Kier molecular flexibility index (Phi) is 4.23. The molecule has 0 spiro atoms. The average Bonchev–Trinajstić information content (AvgIpc) is 2.83. The predicted octanol–water partition coefficient (Wildman–Crippen LogP) is 2.93. The molecule has 0 saturated heterocycles. The largest absolute Gasteiger partial charge is 0.331 e. The minimum atomic E-state index is 0.0533. The molecule has 0 bridgehead atoms. The number of rotatable bonds is 4. The number of nitrogens with two attached hydrogens (primary N) is 1. The molecule has 1 aromatic heterocycles. The Morgan fingerprint density at radius 3 is 2.57 bits per heavy atom. The molecule has 0 fully saturated rings. The summed E-state index contributed by atoms with van der Waals surface area (Å²) in [5.41, 5.74) is 6.24. The van der Waals surface area contributed by atoms with Crippen LogP contribution < -0.4 is 11.3 Å². The van der Waals surface area contributed by atoms with E-state index in [-0.39, 0.29) is 6.04 Å². The van der Waals surface area contributed by atoms with Crippen molar-refractivity contribution in [2.45, 2.75) is 12.5 Å².